The van der Waals surface area contributed by atoms with Crippen LogP contribution in [0.4, 0.5) is 0 Å². The highest BCUT2D eigenvalue weighted by Gasteiger charge is 2.22. The quantitative estimate of drug-likeness (QED) is 0.694. The third kappa shape index (κ3) is 2.34. The van der Waals surface area contributed by atoms with Gasteiger partial charge >= 0.3 is 0 Å². The van der Waals surface area contributed by atoms with Crippen molar-refractivity contribution in [2.24, 2.45) is 5.14 Å². The van der Waals surface area contributed by atoms with Crippen molar-refractivity contribution in [3.8, 4) is 0 Å². The van der Waals surface area contributed by atoms with Crippen molar-refractivity contribution in [2.75, 3.05) is 13.2 Å². The number of nitrogens with two attached hydrogens (primary N) is 1. The van der Waals surface area contributed by atoms with Gasteiger partial charge in [0.15, 0.2) is 11.3 Å². The van der Waals surface area contributed by atoms with Crippen LogP contribution in [0.5, 0.6) is 0 Å². The summed E-state index contributed by atoms with van der Waals surface area (Å²) in [6.07, 6.45) is 1.32. The molecule has 1 aliphatic rings. The Morgan fingerprint density at radius 3 is 2.80 bits per heavy atom. The molecule has 1 aliphatic heterocycles. The molecule has 8 heteroatoms. The summed E-state index contributed by atoms with van der Waals surface area (Å²) in [5.74, 6) is 0. The predicted molar refractivity (Wildman–Crippen MR) is 49.4 cm³/mol. The molecule has 0 bridgehead atoms. The Bertz CT molecular complexity index is 435. The molecule has 1 saturated heterocycles. The van der Waals surface area contributed by atoms with Crippen molar-refractivity contribution in [3.63, 3.8) is 0 Å². The van der Waals surface area contributed by atoms with Crippen LogP contribution in [0.25, 0.3) is 0 Å². The van der Waals surface area contributed by atoms with E-state index in [9.17, 15) is 8.42 Å². The fraction of sp³-hybridized carbons (Fsp3) is 0.571. The van der Waals surface area contributed by atoms with E-state index in [-0.39, 0.29) is 5.03 Å². The first-order valence-corrected chi connectivity index (χ1v) is 5.90. The average molecular weight is 233 g/mol. The summed E-state index contributed by atoms with van der Waals surface area (Å²) in [6.45, 7) is 1.04. The van der Waals surface area contributed by atoms with E-state index in [0.717, 1.165) is 0 Å². The summed E-state index contributed by atoms with van der Waals surface area (Å²) >= 11 is 0. The van der Waals surface area contributed by atoms with Gasteiger partial charge in [0, 0.05) is 12.0 Å². The highest BCUT2D eigenvalue weighted by Crippen LogP contribution is 2.16. The standard InChI is InChI=1S/C7H11N3O4S/c8-15(11,12)7-5(4-9-10-7)3-6-13-1-2-14-6/h4,6H,1-3H2,(H,9,10)(H2,8,11,12). The SMILES string of the molecule is NS(=O)(=O)c1[nH]ncc1CC1OCCO1. The maximum atomic E-state index is 11.1. The fourth-order valence-corrected chi connectivity index (χ4v) is 2.08. The third-order valence-corrected chi connectivity index (χ3v) is 2.96. The fourth-order valence-electron chi connectivity index (χ4n) is 1.40. The molecule has 15 heavy (non-hydrogen) atoms. The molecule has 0 spiro atoms. The zero-order valence-electron chi connectivity index (χ0n) is 7.84. The van der Waals surface area contributed by atoms with Gasteiger partial charge < -0.3 is 9.47 Å². The smallest absolute Gasteiger partial charge is 0.255 e. The normalized spacial score (nSPS) is 18.5. The van der Waals surface area contributed by atoms with E-state index in [4.69, 9.17) is 14.6 Å². The van der Waals surface area contributed by atoms with E-state index in [1.165, 1.54) is 6.20 Å². The van der Waals surface area contributed by atoms with Gasteiger partial charge in [-0.25, -0.2) is 13.6 Å². The second-order valence-electron chi connectivity index (χ2n) is 3.14. The highest BCUT2D eigenvalue weighted by atomic mass is 32.2. The monoisotopic (exact) mass is 233 g/mol. The molecule has 1 aromatic heterocycles. The van der Waals surface area contributed by atoms with Gasteiger partial charge in [-0.1, -0.05) is 0 Å². The molecule has 0 saturated carbocycles. The Morgan fingerprint density at radius 1 is 1.53 bits per heavy atom. The van der Waals surface area contributed by atoms with E-state index in [0.29, 0.717) is 25.2 Å². The number of nitrogens with one attached hydrogen (secondary N) is 1. The van der Waals surface area contributed by atoms with Crippen LogP contribution in [-0.2, 0) is 25.9 Å². The number of nitrogens with zero attached hydrogens (tertiary/aromatic N) is 1. The number of primary sulfonamides is 1. The molecule has 0 aromatic carbocycles. The van der Waals surface area contributed by atoms with Crippen molar-refractivity contribution >= 4 is 10.0 Å². The van der Waals surface area contributed by atoms with Gasteiger partial charge in [-0.3, -0.25) is 5.10 Å². The molecule has 1 aromatic rings. The van der Waals surface area contributed by atoms with Crippen LogP contribution in [-0.4, -0.2) is 38.1 Å². The van der Waals surface area contributed by atoms with E-state index in [2.05, 4.69) is 10.2 Å². The Kier molecular flexibility index (Phi) is 2.74. The molecule has 0 unspecified atom stereocenters. The Labute approximate surface area is 86.6 Å². The molecular formula is C7H11N3O4S. The van der Waals surface area contributed by atoms with E-state index >= 15 is 0 Å². The van der Waals surface area contributed by atoms with Gasteiger partial charge in [-0.05, 0) is 0 Å². The maximum absolute atomic E-state index is 11.1. The van der Waals surface area contributed by atoms with Gasteiger partial charge in [0.05, 0.1) is 19.4 Å². The summed E-state index contributed by atoms with van der Waals surface area (Å²) in [4.78, 5) is 0. The number of aromatic nitrogens is 2. The van der Waals surface area contributed by atoms with Gasteiger partial charge in [-0.2, -0.15) is 5.10 Å². The first-order chi connectivity index (χ1) is 7.07. The summed E-state index contributed by atoms with van der Waals surface area (Å²) in [6, 6.07) is 0. The molecule has 2 rings (SSSR count). The largest absolute Gasteiger partial charge is 0.350 e. The van der Waals surface area contributed by atoms with Gasteiger partial charge in [0.1, 0.15) is 0 Å². The topological polar surface area (TPSA) is 107 Å². The number of rotatable bonds is 3. The minimum absolute atomic E-state index is 0.0819. The molecule has 0 radical (unpaired) electrons. The summed E-state index contributed by atoms with van der Waals surface area (Å²) < 4.78 is 32.6. The van der Waals surface area contributed by atoms with Crippen molar-refractivity contribution in [1.29, 1.82) is 0 Å². The van der Waals surface area contributed by atoms with Gasteiger partial charge in [0.25, 0.3) is 10.0 Å². The highest BCUT2D eigenvalue weighted by molar-refractivity contribution is 7.89. The minimum atomic E-state index is -3.76. The molecule has 7 nitrogen and oxygen atoms in total. The second kappa shape index (κ2) is 3.89. The summed E-state index contributed by atoms with van der Waals surface area (Å²) in [7, 11) is -3.76. The Balaban J connectivity index is 2.18. The lowest BCUT2D eigenvalue weighted by Gasteiger charge is -2.07. The number of ether oxygens (including phenoxy) is 2. The number of sulfonamides is 1. The molecule has 2 heterocycles. The van der Waals surface area contributed by atoms with Crippen LogP contribution in [0, 0.1) is 0 Å². The lowest BCUT2D eigenvalue weighted by molar-refractivity contribution is -0.0403. The lowest BCUT2D eigenvalue weighted by Crippen LogP contribution is -2.18. The Hall–Kier alpha value is -0.960. The third-order valence-electron chi connectivity index (χ3n) is 2.04. The van der Waals surface area contributed by atoms with Crippen molar-refractivity contribution < 1.29 is 17.9 Å². The lowest BCUT2D eigenvalue weighted by atomic mass is 10.2. The zero-order chi connectivity index (χ0) is 10.9. The van der Waals surface area contributed by atoms with Gasteiger partial charge in [0.2, 0.25) is 0 Å². The predicted octanol–water partition coefficient (Wildman–Crippen LogP) is -1.03. The first kappa shape index (κ1) is 10.6. The molecule has 84 valence electrons. The maximum Gasteiger partial charge on any atom is 0.255 e. The van der Waals surface area contributed by atoms with Crippen LogP contribution in [0.15, 0.2) is 11.2 Å². The molecule has 1 fully saturated rings. The first-order valence-electron chi connectivity index (χ1n) is 4.35. The zero-order valence-corrected chi connectivity index (χ0v) is 8.66. The number of H-pyrrole nitrogens is 1. The summed E-state index contributed by atoms with van der Waals surface area (Å²) in [5.41, 5.74) is 0.476. The van der Waals surface area contributed by atoms with Crippen molar-refractivity contribution in [3.05, 3.63) is 11.8 Å². The van der Waals surface area contributed by atoms with Crippen LogP contribution in [0.2, 0.25) is 0 Å². The van der Waals surface area contributed by atoms with E-state index in [1.54, 1.807) is 0 Å². The average Bonchev–Trinajstić information content (AvgIpc) is 2.73. The van der Waals surface area contributed by atoms with Crippen LogP contribution < -0.4 is 5.14 Å². The van der Waals surface area contributed by atoms with Crippen LogP contribution in [0.1, 0.15) is 5.56 Å². The number of hydrogen-bond acceptors (Lipinski definition) is 5. The van der Waals surface area contributed by atoms with Crippen LogP contribution in [0.3, 0.4) is 0 Å². The molecular weight excluding hydrogens is 222 g/mol. The van der Waals surface area contributed by atoms with Gasteiger partial charge in [-0.15, -0.1) is 0 Å². The number of aromatic amines is 1. The van der Waals surface area contributed by atoms with Crippen LogP contribution >= 0.6 is 0 Å². The summed E-state index contributed by atoms with van der Waals surface area (Å²) in [5, 5.41) is 10.9. The van der Waals surface area contributed by atoms with E-state index in [1.807, 2.05) is 0 Å². The van der Waals surface area contributed by atoms with Crippen molar-refractivity contribution in [1.82, 2.24) is 10.2 Å². The molecule has 0 amide bonds. The molecule has 0 atom stereocenters. The molecule has 0 aliphatic carbocycles. The minimum Gasteiger partial charge on any atom is -0.350 e. The van der Waals surface area contributed by atoms with E-state index < -0.39 is 16.3 Å². The Morgan fingerprint density at radius 2 is 2.20 bits per heavy atom. The van der Waals surface area contributed by atoms with Crippen molar-refractivity contribution in [2.45, 2.75) is 17.7 Å². The molecule has 3 N–H and O–H groups in total. The second-order valence-corrected chi connectivity index (χ2v) is 4.64. The number of hydrogen-bond donors (Lipinski definition) is 2.